The molecule has 4 saturated carbocycles. The molecular formula is C56H63N. The van der Waals surface area contributed by atoms with Crippen LogP contribution in [0.25, 0.3) is 22.3 Å². The Balaban J connectivity index is 1.11. The molecule has 57 heavy (non-hydrogen) atoms. The summed E-state index contributed by atoms with van der Waals surface area (Å²) in [6.45, 7) is 19.7. The molecule has 5 aromatic carbocycles. The molecule has 1 spiro atoms. The maximum Gasteiger partial charge on any atom is 0.0502 e. The van der Waals surface area contributed by atoms with Crippen LogP contribution in [0.15, 0.2) is 103 Å². The standard InChI is InChI=1S/C56H63N/c1-52(2)25-27-54(5,6)50-42(14-11-16-46(50)52)37-19-21-40(22-20-37)57(49-18-12-17-47-51(49)55(7,8)28-26-53(47,3)4)41-23-24-44-43-13-9-10-15-45(43)56(48(44)34-41)38-30-35-29-36(32-38)33-39(56)31-35/h9-24,34-36,38-39H,25-33H2,1-8H3. The molecule has 0 N–H and O–H groups in total. The molecule has 0 aliphatic heterocycles. The Morgan fingerprint density at radius 3 is 1.60 bits per heavy atom. The minimum Gasteiger partial charge on any atom is -0.310 e. The van der Waals surface area contributed by atoms with Gasteiger partial charge in [0, 0.05) is 16.8 Å². The largest absolute Gasteiger partial charge is 0.310 e. The summed E-state index contributed by atoms with van der Waals surface area (Å²) in [7, 11) is 0. The van der Waals surface area contributed by atoms with Crippen molar-refractivity contribution in [3.8, 4) is 22.3 Å². The SMILES string of the molecule is CC1(C)CCC(C)(C)c2c(-c3ccc(N(c4ccc5c(c4)C4(c6ccccc6-5)C5CC6CC(C5)CC4C6)c4cccc5c4C(C)(C)CCC5(C)C)cc3)cccc21. The molecule has 0 radical (unpaired) electrons. The highest BCUT2D eigenvalue weighted by molar-refractivity contribution is 5.88. The number of rotatable bonds is 4. The molecule has 5 aromatic rings. The monoisotopic (exact) mass is 749 g/mol. The molecule has 0 aromatic heterocycles. The van der Waals surface area contributed by atoms with Crippen LogP contribution in [0.3, 0.4) is 0 Å². The fourth-order valence-electron chi connectivity index (χ4n) is 14.4. The highest BCUT2D eigenvalue weighted by Gasteiger charge is 2.61. The van der Waals surface area contributed by atoms with Gasteiger partial charge in [0.15, 0.2) is 0 Å². The molecule has 292 valence electrons. The van der Waals surface area contributed by atoms with Crippen molar-refractivity contribution >= 4 is 17.1 Å². The first-order valence-electron chi connectivity index (χ1n) is 22.6. The fraction of sp³-hybridized carbons (Fsp3) is 0.464. The molecule has 7 aliphatic carbocycles. The Hall–Kier alpha value is -4.10. The number of anilines is 3. The van der Waals surface area contributed by atoms with Crippen LogP contribution in [0.2, 0.25) is 0 Å². The maximum atomic E-state index is 2.70. The Bertz CT molecular complexity index is 2410. The fourth-order valence-corrected chi connectivity index (χ4v) is 14.4. The van der Waals surface area contributed by atoms with E-state index in [1.165, 1.54) is 114 Å². The van der Waals surface area contributed by atoms with E-state index in [1.54, 1.807) is 16.7 Å². The molecular weight excluding hydrogens is 687 g/mol. The molecule has 1 nitrogen and oxygen atoms in total. The van der Waals surface area contributed by atoms with Gasteiger partial charge in [0.05, 0.1) is 5.69 Å². The van der Waals surface area contributed by atoms with Gasteiger partial charge in [-0.25, -0.2) is 0 Å². The predicted octanol–water partition coefficient (Wildman–Crippen LogP) is 15.2. The maximum absolute atomic E-state index is 2.70. The van der Waals surface area contributed by atoms with Gasteiger partial charge in [-0.05, 0) is 189 Å². The first kappa shape index (κ1) is 36.0. The van der Waals surface area contributed by atoms with Crippen LogP contribution in [0.1, 0.15) is 147 Å². The summed E-state index contributed by atoms with van der Waals surface area (Å²) in [6.07, 6.45) is 12.0. The third kappa shape index (κ3) is 5.05. The molecule has 0 heterocycles. The van der Waals surface area contributed by atoms with Crippen molar-refractivity contribution in [2.75, 3.05) is 4.90 Å². The molecule has 0 unspecified atom stereocenters. The minimum absolute atomic E-state index is 0.0662. The van der Waals surface area contributed by atoms with Gasteiger partial charge in [0.25, 0.3) is 0 Å². The van der Waals surface area contributed by atoms with E-state index in [0.717, 1.165) is 23.7 Å². The zero-order chi connectivity index (χ0) is 39.3. The van der Waals surface area contributed by atoms with Gasteiger partial charge >= 0.3 is 0 Å². The second-order valence-corrected chi connectivity index (χ2v) is 22.3. The number of hydrogen-bond donors (Lipinski definition) is 0. The molecule has 0 atom stereocenters. The summed E-state index contributed by atoms with van der Waals surface area (Å²) in [5.41, 5.74) is 19.7. The summed E-state index contributed by atoms with van der Waals surface area (Å²) in [5.74, 6) is 3.35. The Labute approximate surface area is 343 Å². The van der Waals surface area contributed by atoms with Crippen LogP contribution < -0.4 is 4.90 Å². The zero-order valence-corrected chi connectivity index (χ0v) is 35.9. The molecule has 0 saturated heterocycles. The Kier molecular flexibility index (Phi) is 7.58. The van der Waals surface area contributed by atoms with E-state index in [0.29, 0.717) is 0 Å². The summed E-state index contributed by atoms with van der Waals surface area (Å²) >= 11 is 0. The second kappa shape index (κ2) is 12.0. The van der Waals surface area contributed by atoms with Crippen molar-refractivity contribution in [2.45, 2.75) is 140 Å². The van der Waals surface area contributed by atoms with Crippen LogP contribution in [0.4, 0.5) is 17.1 Å². The molecule has 7 aliphatic rings. The summed E-state index contributed by atoms with van der Waals surface area (Å²) in [4.78, 5) is 2.67. The van der Waals surface area contributed by atoms with E-state index < -0.39 is 0 Å². The molecule has 12 rings (SSSR count). The lowest BCUT2D eigenvalue weighted by atomic mass is 9.43. The molecule has 4 bridgehead atoms. The summed E-state index contributed by atoms with van der Waals surface area (Å²) < 4.78 is 0. The molecule has 1 heteroatoms. The van der Waals surface area contributed by atoms with Gasteiger partial charge in [-0.15, -0.1) is 0 Å². The van der Waals surface area contributed by atoms with Crippen molar-refractivity contribution in [1.82, 2.24) is 0 Å². The lowest BCUT2D eigenvalue weighted by molar-refractivity contribution is -0.0399. The van der Waals surface area contributed by atoms with Crippen LogP contribution in [-0.4, -0.2) is 0 Å². The third-order valence-electron chi connectivity index (χ3n) is 17.1. The highest BCUT2D eigenvalue weighted by Crippen LogP contribution is 2.70. The van der Waals surface area contributed by atoms with Crippen molar-refractivity contribution < 1.29 is 0 Å². The van der Waals surface area contributed by atoms with Gasteiger partial charge in [0.2, 0.25) is 0 Å². The number of hydrogen-bond acceptors (Lipinski definition) is 1. The van der Waals surface area contributed by atoms with Gasteiger partial charge in [-0.2, -0.15) is 0 Å². The van der Waals surface area contributed by atoms with Crippen LogP contribution >= 0.6 is 0 Å². The van der Waals surface area contributed by atoms with E-state index in [9.17, 15) is 0 Å². The summed E-state index contributed by atoms with van der Waals surface area (Å²) in [5, 5.41) is 0. The van der Waals surface area contributed by atoms with Crippen molar-refractivity contribution in [2.24, 2.45) is 23.7 Å². The van der Waals surface area contributed by atoms with Crippen molar-refractivity contribution in [3.05, 3.63) is 137 Å². The highest BCUT2D eigenvalue weighted by atomic mass is 15.1. The van der Waals surface area contributed by atoms with E-state index >= 15 is 0 Å². The quantitative estimate of drug-likeness (QED) is 0.177. The Morgan fingerprint density at radius 2 is 0.930 bits per heavy atom. The van der Waals surface area contributed by atoms with E-state index in [-0.39, 0.29) is 27.1 Å². The van der Waals surface area contributed by atoms with Crippen LogP contribution in [0.5, 0.6) is 0 Å². The van der Waals surface area contributed by atoms with E-state index in [2.05, 4.69) is 163 Å². The predicted molar refractivity (Wildman–Crippen MR) is 240 cm³/mol. The average molecular weight is 750 g/mol. The van der Waals surface area contributed by atoms with Gasteiger partial charge in [-0.1, -0.05) is 128 Å². The van der Waals surface area contributed by atoms with Crippen molar-refractivity contribution in [1.29, 1.82) is 0 Å². The molecule has 4 fully saturated rings. The normalized spacial score (nSPS) is 28.7. The van der Waals surface area contributed by atoms with Crippen LogP contribution in [0, 0.1) is 23.7 Å². The Morgan fingerprint density at radius 1 is 0.421 bits per heavy atom. The first-order valence-corrected chi connectivity index (χ1v) is 22.6. The second-order valence-electron chi connectivity index (χ2n) is 22.3. The van der Waals surface area contributed by atoms with Gasteiger partial charge in [-0.3, -0.25) is 0 Å². The summed E-state index contributed by atoms with van der Waals surface area (Å²) in [6, 6.07) is 41.3. The molecule has 0 amide bonds. The number of fused-ring (bicyclic) bond motifs is 5. The smallest absolute Gasteiger partial charge is 0.0502 e. The van der Waals surface area contributed by atoms with Crippen LogP contribution in [-0.2, 0) is 27.1 Å². The lowest BCUT2D eigenvalue weighted by Crippen LogP contribution is -2.55. The van der Waals surface area contributed by atoms with Gasteiger partial charge in [0.1, 0.15) is 0 Å². The lowest BCUT2D eigenvalue weighted by Gasteiger charge is -2.61. The first-order chi connectivity index (χ1) is 27.2. The van der Waals surface area contributed by atoms with Gasteiger partial charge < -0.3 is 4.90 Å². The average Bonchev–Trinajstić information content (AvgIpc) is 3.47. The van der Waals surface area contributed by atoms with E-state index in [1.807, 2.05) is 0 Å². The van der Waals surface area contributed by atoms with Crippen molar-refractivity contribution in [3.63, 3.8) is 0 Å². The number of benzene rings is 5. The zero-order valence-electron chi connectivity index (χ0n) is 35.9. The van der Waals surface area contributed by atoms with E-state index in [4.69, 9.17) is 0 Å². The number of nitrogens with zero attached hydrogens (tertiary/aromatic N) is 1. The third-order valence-corrected chi connectivity index (χ3v) is 17.1. The topological polar surface area (TPSA) is 3.24 Å². The minimum atomic E-state index is 0.0662.